The molecule has 0 aliphatic heterocycles. The second kappa shape index (κ2) is 10.8. The molecule has 0 saturated heterocycles. The molecule has 8 heteroatoms. The maximum Gasteiger partial charge on any atom is 0.225 e. The molecule has 1 aliphatic carbocycles. The van der Waals surface area contributed by atoms with Crippen LogP contribution in [0.15, 0.2) is 65.8 Å². The van der Waals surface area contributed by atoms with Gasteiger partial charge in [-0.3, -0.25) is 4.79 Å². The fraction of sp³-hybridized carbons (Fsp3) is 0.222. The molecule has 0 bridgehead atoms. The van der Waals surface area contributed by atoms with Crippen LogP contribution in [0.25, 0.3) is 22.5 Å². The van der Waals surface area contributed by atoms with E-state index in [0.29, 0.717) is 27.9 Å². The normalized spacial score (nSPS) is 12.5. The van der Waals surface area contributed by atoms with Gasteiger partial charge in [0.25, 0.3) is 0 Å². The number of thioether (sulfide) groups is 1. The highest BCUT2D eigenvalue weighted by molar-refractivity contribution is 7.99. The molecule has 0 fully saturated rings. The number of fused-ring (bicyclic) bond motifs is 1. The first-order valence-corrected chi connectivity index (χ1v) is 13.4. The number of anilines is 1. The summed E-state index contributed by atoms with van der Waals surface area (Å²) in [7, 11) is 0. The third-order valence-corrected chi connectivity index (χ3v) is 7.90. The van der Waals surface area contributed by atoms with Crippen molar-refractivity contribution in [3.63, 3.8) is 0 Å². The lowest BCUT2D eigenvalue weighted by atomic mass is 9.96. The molecular weight excluding hydrogens is 474 g/mol. The van der Waals surface area contributed by atoms with Gasteiger partial charge >= 0.3 is 0 Å². The van der Waals surface area contributed by atoms with Crippen molar-refractivity contribution < 1.29 is 4.79 Å². The third-order valence-electron chi connectivity index (χ3n) is 5.86. The van der Waals surface area contributed by atoms with Gasteiger partial charge < -0.3 is 5.32 Å². The molecule has 1 aliphatic rings. The lowest BCUT2D eigenvalue weighted by molar-refractivity contribution is -0.115. The van der Waals surface area contributed by atoms with E-state index in [0.717, 1.165) is 53.8 Å². The summed E-state index contributed by atoms with van der Waals surface area (Å²) in [6.07, 6.45) is 4.46. The molecule has 0 spiro atoms. The Morgan fingerprint density at radius 1 is 0.971 bits per heavy atom. The van der Waals surface area contributed by atoms with E-state index in [1.54, 1.807) is 11.3 Å². The zero-order chi connectivity index (χ0) is 24.0. The van der Waals surface area contributed by atoms with Crippen molar-refractivity contribution in [2.45, 2.75) is 37.3 Å². The number of amides is 1. The number of nitriles is 1. The zero-order valence-corrected chi connectivity index (χ0v) is 20.7. The van der Waals surface area contributed by atoms with Crippen LogP contribution < -0.4 is 5.32 Å². The maximum atomic E-state index is 12.6. The Hall–Kier alpha value is -3.54. The van der Waals surface area contributed by atoms with E-state index in [2.05, 4.69) is 21.6 Å². The Morgan fingerprint density at radius 3 is 2.37 bits per heavy atom. The van der Waals surface area contributed by atoms with Crippen molar-refractivity contribution in [1.29, 1.82) is 5.26 Å². The smallest absolute Gasteiger partial charge is 0.225 e. The topological polar surface area (TPSA) is 91.6 Å². The minimum absolute atomic E-state index is 0.107. The average molecular weight is 498 g/mol. The number of carbonyl (C=O) groups excluding carboxylic acids is 1. The molecule has 6 nitrogen and oxygen atoms in total. The summed E-state index contributed by atoms with van der Waals surface area (Å²) in [5, 5.41) is 22.6. The van der Waals surface area contributed by atoms with Gasteiger partial charge in [0.05, 0.1) is 5.56 Å². The minimum atomic E-state index is -0.107. The molecular formula is C27H23N5OS2. The highest BCUT2D eigenvalue weighted by Gasteiger charge is 2.22. The molecule has 0 radical (unpaired) electrons. The van der Waals surface area contributed by atoms with Crippen molar-refractivity contribution >= 4 is 34.0 Å². The van der Waals surface area contributed by atoms with E-state index >= 15 is 0 Å². The van der Waals surface area contributed by atoms with Gasteiger partial charge in [-0.1, -0.05) is 72.4 Å². The van der Waals surface area contributed by atoms with Gasteiger partial charge in [-0.15, -0.1) is 21.5 Å². The van der Waals surface area contributed by atoms with Crippen LogP contribution in [-0.2, 0) is 17.6 Å². The zero-order valence-electron chi connectivity index (χ0n) is 19.0. The van der Waals surface area contributed by atoms with Gasteiger partial charge in [-0.05, 0) is 31.2 Å². The summed E-state index contributed by atoms with van der Waals surface area (Å²) in [4.78, 5) is 18.7. The minimum Gasteiger partial charge on any atom is -0.317 e. The average Bonchev–Trinajstić information content (AvgIpc) is 3.26. The van der Waals surface area contributed by atoms with Crippen LogP contribution in [-0.4, -0.2) is 26.8 Å². The molecule has 2 aromatic carbocycles. The lowest BCUT2D eigenvalue weighted by Gasteiger charge is -2.09. The molecule has 5 rings (SSSR count). The Balaban J connectivity index is 1.28. The standard InChI is InChI=1S/C27H23N5OS2/c28-17-21-20-13-7-8-14-22(20)35-26(21)29-23(33)15-16-34-27-30-24(18-9-3-1-4-10-18)25(31-32-27)19-11-5-2-6-12-19/h1-6,9-12H,7-8,13-16H2,(H,29,33). The van der Waals surface area contributed by atoms with E-state index in [9.17, 15) is 10.1 Å². The second-order valence-corrected chi connectivity index (χ2v) is 10.4. The first kappa shape index (κ1) is 23.2. The van der Waals surface area contributed by atoms with Gasteiger partial charge in [-0.25, -0.2) is 4.98 Å². The van der Waals surface area contributed by atoms with Gasteiger partial charge in [0, 0.05) is 28.2 Å². The monoisotopic (exact) mass is 497 g/mol. The number of nitrogens with one attached hydrogen (secondary N) is 1. The number of carbonyl (C=O) groups is 1. The highest BCUT2D eigenvalue weighted by atomic mass is 32.2. The van der Waals surface area contributed by atoms with Crippen LogP contribution in [0.4, 0.5) is 5.00 Å². The Labute approximate surface area is 212 Å². The number of nitrogens with zero attached hydrogens (tertiary/aromatic N) is 4. The van der Waals surface area contributed by atoms with Crippen LogP contribution in [0.3, 0.4) is 0 Å². The van der Waals surface area contributed by atoms with E-state index < -0.39 is 0 Å². The molecule has 1 N–H and O–H groups in total. The summed E-state index contributed by atoms with van der Waals surface area (Å²) in [5.41, 5.74) is 5.18. The molecule has 0 saturated carbocycles. The summed E-state index contributed by atoms with van der Waals surface area (Å²) < 4.78 is 0. The molecule has 1 amide bonds. The summed E-state index contributed by atoms with van der Waals surface area (Å²) in [6, 6.07) is 22.1. The van der Waals surface area contributed by atoms with E-state index in [1.807, 2.05) is 60.7 Å². The Bertz CT molecular complexity index is 1380. The summed E-state index contributed by atoms with van der Waals surface area (Å²) in [5.74, 6) is 0.407. The van der Waals surface area contributed by atoms with Crippen molar-refractivity contribution in [1.82, 2.24) is 15.2 Å². The molecule has 2 aromatic heterocycles. The van der Waals surface area contributed by atoms with Gasteiger partial charge in [0.1, 0.15) is 22.5 Å². The molecule has 2 heterocycles. The van der Waals surface area contributed by atoms with Crippen LogP contribution in [0.2, 0.25) is 0 Å². The predicted molar refractivity (Wildman–Crippen MR) is 140 cm³/mol. The Kier molecular flexibility index (Phi) is 7.17. The number of hydrogen-bond donors (Lipinski definition) is 1. The van der Waals surface area contributed by atoms with Crippen LogP contribution in [0.5, 0.6) is 0 Å². The van der Waals surface area contributed by atoms with E-state index in [-0.39, 0.29) is 5.91 Å². The van der Waals surface area contributed by atoms with Crippen molar-refractivity contribution in [3.8, 4) is 28.6 Å². The van der Waals surface area contributed by atoms with Gasteiger partial charge in [0.2, 0.25) is 11.1 Å². The number of rotatable bonds is 7. The molecule has 4 aromatic rings. The Morgan fingerprint density at radius 2 is 1.66 bits per heavy atom. The molecule has 35 heavy (non-hydrogen) atoms. The first-order valence-electron chi connectivity index (χ1n) is 11.6. The predicted octanol–water partition coefficient (Wildman–Crippen LogP) is 6.14. The number of hydrogen-bond acceptors (Lipinski definition) is 7. The quantitative estimate of drug-likeness (QED) is 0.309. The lowest BCUT2D eigenvalue weighted by Crippen LogP contribution is -2.12. The second-order valence-electron chi connectivity index (χ2n) is 8.20. The van der Waals surface area contributed by atoms with Crippen LogP contribution in [0.1, 0.15) is 35.3 Å². The van der Waals surface area contributed by atoms with Crippen LogP contribution >= 0.6 is 23.1 Å². The highest BCUT2D eigenvalue weighted by Crippen LogP contribution is 2.37. The number of aryl methyl sites for hydroxylation is 1. The molecule has 0 unspecified atom stereocenters. The summed E-state index contributed by atoms with van der Waals surface area (Å²) in [6.45, 7) is 0. The number of benzene rings is 2. The van der Waals surface area contributed by atoms with Crippen molar-refractivity contribution in [2.24, 2.45) is 0 Å². The SMILES string of the molecule is N#Cc1c(NC(=O)CCSc2nnc(-c3ccccc3)c(-c3ccccc3)n2)sc2c1CCCC2. The molecule has 0 atom stereocenters. The number of thiophene rings is 1. The molecule has 174 valence electrons. The van der Waals surface area contributed by atoms with Crippen molar-refractivity contribution in [3.05, 3.63) is 76.7 Å². The largest absolute Gasteiger partial charge is 0.317 e. The third kappa shape index (κ3) is 5.26. The number of aromatic nitrogens is 3. The van der Waals surface area contributed by atoms with E-state index in [4.69, 9.17) is 4.98 Å². The van der Waals surface area contributed by atoms with Crippen molar-refractivity contribution in [2.75, 3.05) is 11.1 Å². The first-order chi connectivity index (χ1) is 17.2. The van der Waals surface area contributed by atoms with E-state index in [1.165, 1.54) is 16.6 Å². The van der Waals surface area contributed by atoms with Crippen LogP contribution in [0, 0.1) is 11.3 Å². The fourth-order valence-corrected chi connectivity index (χ4v) is 6.14. The maximum absolute atomic E-state index is 12.6. The van der Waals surface area contributed by atoms with Gasteiger partial charge in [0.15, 0.2) is 0 Å². The fourth-order valence-electron chi connectivity index (χ4n) is 4.16. The summed E-state index contributed by atoms with van der Waals surface area (Å²) >= 11 is 2.95. The van der Waals surface area contributed by atoms with Gasteiger partial charge in [-0.2, -0.15) is 5.26 Å².